The van der Waals surface area contributed by atoms with Crippen LogP contribution in [0.3, 0.4) is 0 Å². The van der Waals surface area contributed by atoms with Crippen LogP contribution in [-0.4, -0.2) is 44.8 Å². The molecular weight excluding hydrogens is 429 g/mol. The maximum atomic E-state index is 12.8. The van der Waals surface area contributed by atoms with Gasteiger partial charge in [0.25, 0.3) is 0 Å². The Morgan fingerprint density at radius 3 is 2.47 bits per heavy atom. The largest absolute Gasteiger partial charge is 0.503 e. The summed E-state index contributed by atoms with van der Waals surface area (Å²) in [5, 5.41) is 0. The van der Waals surface area contributed by atoms with Crippen molar-refractivity contribution in [2.45, 2.75) is 17.7 Å². The van der Waals surface area contributed by atoms with Gasteiger partial charge in [-0.2, -0.15) is 13.2 Å². The summed E-state index contributed by atoms with van der Waals surface area (Å²) in [6.07, 6.45) is -2.06. The Morgan fingerprint density at radius 2 is 1.90 bits per heavy atom. The van der Waals surface area contributed by atoms with Gasteiger partial charge < -0.3 is 14.2 Å². The SMILES string of the molecule is COC=C(C(=O)OC)c1cccc(COc2cc(C(F)(F)F)ncn2)c1S(C)(=O)=O. The quantitative estimate of drug-likeness (QED) is 0.363. The van der Waals surface area contributed by atoms with Gasteiger partial charge in [-0.15, -0.1) is 0 Å². The molecule has 0 atom stereocenters. The number of hydrogen-bond donors (Lipinski definition) is 0. The van der Waals surface area contributed by atoms with Crippen molar-refractivity contribution < 1.29 is 40.6 Å². The van der Waals surface area contributed by atoms with Crippen LogP contribution in [0.2, 0.25) is 0 Å². The van der Waals surface area contributed by atoms with Gasteiger partial charge >= 0.3 is 12.1 Å². The third-order valence-corrected chi connectivity index (χ3v) is 4.93. The number of alkyl halides is 3. The van der Waals surface area contributed by atoms with E-state index in [0.717, 1.165) is 19.6 Å². The highest BCUT2D eigenvalue weighted by atomic mass is 32.2. The molecule has 2 rings (SSSR count). The smallest absolute Gasteiger partial charge is 0.433 e. The fourth-order valence-electron chi connectivity index (χ4n) is 2.52. The lowest BCUT2D eigenvalue weighted by Gasteiger charge is -2.15. The second-order valence-corrected chi connectivity index (χ2v) is 7.81. The molecule has 0 N–H and O–H groups in total. The molecule has 0 saturated carbocycles. The molecule has 0 saturated heterocycles. The first-order chi connectivity index (χ1) is 14.0. The number of halogens is 3. The molecule has 12 heteroatoms. The molecule has 0 radical (unpaired) electrons. The van der Waals surface area contributed by atoms with Crippen LogP contribution < -0.4 is 4.74 Å². The zero-order valence-corrected chi connectivity index (χ0v) is 16.9. The van der Waals surface area contributed by atoms with Crippen molar-refractivity contribution in [1.29, 1.82) is 0 Å². The molecule has 0 bridgehead atoms. The maximum absolute atomic E-state index is 12.8. The number of rotatable bonds is 7. The Kier molecular flexibility index (Phi) is 7.03. The first-order valence-corrected chi connectivity index (χ1v) is 10.0. The number of aromatic nitrogens is 2. The number of benzene rings is 1. The lowest BCUT2D eigenvalue weighted by Crippen LogP contribution is -2.13. The highest BCUT2D eigenvalue weighted by Crippen LogP contribution is 2.31. The van der Waals surface area contributed by atoms with E-state index in [1.807, 2.05) is 0 Å². The van der Waals surface area contributed by atoms with E-state index in [-0.39, 0.29) is 21.6 Å². The van der Waals surface area contributed by atoms with Crippen molar-refractivity contribution in [3.63, 3.8) is 0 Å². The minimum absolute atomic E-state index is 0.00836. The molecule has 1 aromatic carbocycles. The third-order valence-electron chi connectivity index (χ3n) is 3.71. The summed E-state index contributed by atoms with van der Waals surface area (Å²) < 4.78 is 78.0. The summed E-state index contributed by atoms with van der Waals surface area (Å²) >= 11 is 0. The first kappa shape index (κ1) is 23.1. The third kappa shape index (κ3) is 5.47. The van der Waals surface area contributed by atoms with E-state index in [1.165, 1.54) is 25.3 Å². The molecule has 2 aromatic rings. The van der Waals surface area contributed by atoms with Crippen molar-refractivity contribution >= 4 is 21.4 Å². The molecule has 0 fully saturated rings. The molecule has 8 nitrogen and oxygen atoms in total. The van der Waals surface area contributed by atoms with Crippen LogP contribution in [-0.2, 0) is 36.9 Å². The Labute approximate surface area is 170 Å². The summed E-state index contributed by atoms with van der Waals surface area (Å²) in [5.41, 5.74) is -1.29. The van der Waals surface area contributed by atoms with Crippen LogP contribution in [0.5, 0.6) is 5.88 Å². The standard InChI is InChI=1S/C18H17F3N2O6S/c1-27-9-13(17(24)28-2)12-6-4-5-11(16(12)30(3,25)26)8-29-15-7-14(18(19,20)21)22-10-23-15/h4-7,9-10H,8H2,1-3H3. The van der Waals surface area contributed by atoms with Crippen LogP contribution in [0.25, 0.3) is 5.57 Å². The van der Waals surface area contributed by atoms with Gasteiger partial charge in [-0.3, -0.25) is 0 Å². The highest BCUT2D eigenvalue weighted by molar-refractivity contribution is 7.90. The van der Waals surface area contributed by atoms with Gasteiger partial charge in [0.15, 0.2) is 15.5 Å². The van der Waals surface area contributed by atoms with E-state index in [0.29, 0.717) is 12.4 Å². The van der Waals surface area contributed by atoms with Crippen LogP contribution in [0.15, 0.2) is 41.8 Å². The van der Waals surface area contributed by atoms with Crippen LogP contribution in [0.4, 0.5) is 13.2 Å². The molecule has 1 aromatic heterocycles. The van der Waals surface area contributed by atoms with Gasteiger partial charge in [0.1, 0.15) is 18.5 Å². The van der Waals surface area contributed by atoms with Gasteiger partial charge in [0, 0.05) is 23.4 Å². The van der Waals surface area contributed by atoms with Gasteiger partial charge in [-0.1, -0.05) is 18.2 Å². The number of nitrogens with zero attached hydrogens (tertiary/aromatic N) is 2. The number of sulfone groups is 1. The normalized spacial score (nSPS) is 12.4. The first-order valence-electron chi connectivity index (χ1n) is 8.14. The number of methoxy groups -OCH3 is 2. The van der Waals surface area contributed by atoms with E-state index in [1.54, 1.807) is 0 Å². The Morgan fingerprint density at radius 1 is 1.20 bits per heavy atom. The van der Waals surface area contributed by atoms with E-state index in [2.05, 4.69) is 14.7 Å². The van der Waals surface area contributed by atoms with Crippen molar-refractivity contribution in [2.75, 3.05) is 20.5 Å². The van der Waals surface area contributed by atoms with E-state index in [4.69, 9.17) is 9.47 Å². The van der Waals surface area contributed by atoms with Crippen LogP contribution in [0.1, 0.15) is 16.8 Å². The molecule has 0 aliphatic rings. The molecule has 0 unspecified atom stereocenters. The second kappa shape index (κ2) is 9.11. The Balaban J connectivity index is 2.50. The molecule has 0 aliphatic heterocycles. The van der Waals surface area contributed by atoms with Gasteiger partial charge in [-0.25, -0.2) is 23.2 Å². The van der Waals surface area contributed by atoms with Gasteiger partial charge in [0.2, 0.25) is 5.88 Å². The van der Waals surface area contributed by atoms with E-state index >= 15 is 0 Å². The fourth-order valence-corrected chi connectivity index (χ4v) is 3.70. The molecule has 0 aliphatic carbocycles. The van der Waals surface area contributed by atoms with Crippen molar-refractivity contribution in [3.8, 4) is 5.88 Å². The summed E-state index contributed by atoms with van der Waals surface area (Å²) in [6, 6.07) is 4.81. The maximum Gasteiger partial charge on any atom is 0.433 e. The van der Waals surface area contributed by atoms with E-state index in [9.17, 15) is 26.4 Å². The highest BCUT2D eigenvalue weighted by Gasteiger charge is 2.33. The predicted molar refractivity (Wildman–Crippen MR) is 97.9 cm³/mol. The summed E-state index contributed by atoms with van der Waals surface area (Å²) in [7, 11) is -1.52. The molecule has 0 spiro atoms. The molecule has 30 heavy (non-hydrogen) atoms. The zero-order chi connectivity index (χ0) is 22.5. The average molecular weight is 446 g/mol. The monoisotopic (exact) mass is 446 g/mol. The number of ether oxygens (including phenoxy) is 3. The number of carbonyl (C=O) groups is 1. The Bertz CT molecular complexity index is 1070. The molecule has 162 valence electrons. The lowest BCUT2D eigenvalue weighted by molar-refractivity contribution is -0.141. The molecular formula is C18H17F3N2O6S. The van der Waals surface area contributed by atoms with Crippen LogP contribution >= 0.6 is 0 Å². The average Bonchev–Trinajstić information content (AvgIpc) is 2.68. The summed E-state index contributed by atoms with van der Waals surface area (Å²) in [4.78, 5) is 18.5. The minimum atomic E-state index is -4.70. The summed E-state index contributed by atoms with van der Waals surface area (Å²) in [6.45, 7) is -0.439. The fraction of sp³-hybridized carbons (Fsp3) is 0.278. The second-order valence-electron chi connectivity index (χ2n) is 5.85. The number of hydrogen-bond acceptors (Lipinski definition) is 8. The molecule has 0 amide bonds. The van der Waals surface area contributed by atoms with Crippen LogP contribution in [0, 0.1) is 0 Å². The predicted octanol–water partition coefficient (Wildman–Crippen LogP) is 2.64. The van der Waals surface area contributed by atoms with Gasteiger partial charge in [-0.05, 0) is 0 Å². The number of esters is 1. The molecule has 1 heterocycles. The lowest BCUT2D eigenvalue weighted by atomic mass is 10.0. The van der Waals surface area contributed by atoms with Crippen molar-refractivity contribution in [2.24, 2.45) is 0 Å². The van der Waals surface area contributed by atoms with E-state index < -0.39 is 40.2 Å². The van der Waals surface area contributed by atoms with Gasteiger partial charge in [0.05, 0.1) is 25.4 Å². The van der Waals surface area contributed by atoms with Crippen molar-refractivity contribution in [1.82, 2.24) is 9.97 Å². The summed E-state index contributed by atoms with van der Waals surface area (Å²) in [5.74, 6) is -1.24. The Hall–Kier alpha value is -3.15. The van der Waals surface area contributed by atoms with Crippen molar-refractivity contribution in [3.05, 3.63) is 53.7 Å². The zero-order valence-electron chi connectivity index (χ0n) is 16.1. The number of carbonyl (C=O) groups excluding carboxylic acids is 1. The topological polar surface area (TPSA) is 105 Å². The minimum Gasteiger partial charge on any atom is -0.503 e.